The van der Waals surface area contributed by atoms with Crippen molar-refractivity contribution in [3.05, 3.63) is 68.9 Å². The molecule has 2 aromatic carbocycles. The van der Waals surface area contributed by atoms with Gasteiger partial charge in [-0.3, -0.25) is 4.79 Å². The molecule has 0 amide bonds. The van der Waals surface area contributed by atoms with Crippen LogP contribution in [0.5, 0.6) is 0 Å². The van der Waals surface area contributed by atoms with Gasteiger partial charge in [-0.25, -0.2) is 4.39 Å². The van der Waals surface area contributed by atoms with Crippen molar-refractivity contribution in [3.63, 3.8) is 0 Å². The molecule has 0 spiro atoms. The van der Waals surface area contributed by atoms with E-state index in [0.717, 1.165) is 11.1 Å². The van der Waals surface area contributed by atoms with Gasteiger partial charge in [-0.2, -0.15) is 0 Å². The summed E-state index contributed by atoms with van der Waals surface area (Å²) in [6.07, 6.45) is 0. The summed E-state index contributed by atoms with van der Waals surface area (Å²) in [4.78, 5) is 12.2. The highest BCUT2D eigenvalue weighted by Crippen LogP contribution is 2.23. The number of ketones is 1. The lowest BCUT2D eigenvalue weighted by Gasteiger charge is -2.06. The maximum absolute atomic E-state index is 13.8. The molecule has 0 radical (unpaired) electrons. The van der Waals surface area contributed by atoms with Crippen LogP contribution in [0.25, 0.3) is 0 Å². The van der Waals surface area contributed by atoms with E-state index < -0.39 is 5.82 Å². The second kappa shape index (κ2) is 5.02. The van der Waals surface area contributed by atoms with Crippen LogP contribution in [0, 0.1) is 19.7 Å². The number of rotatable bonds is 2. The molecule has 92 valence electrons. The highest BCUT2D eigenvalue weighted by Gasteiger charge is 2.16. The Balaban J connectivity index is 2.48. The summed E-state index contributed by atoms with van der Waals surface area (Å²) in [6.45, 7) is 3.73. The lowest BCUT2D eigenvalue weighted by Crippen LogP contribution is -2.05. The molecule has 1 nitrogen and oxygen atoms in total. The fourth-order valence-electron chi connectivity index (χ4n) is 1.75. The van der Waals surface area contributed by atoms with Crippen LogP contribution < -0.4 is 0 Å². The number of benzene rings is 2. The fourth-order valence-corrected chi connectivity index (χ4v) is 2.43. The van der Waals surface area contributed by atoms with Crippen molar-refractivity contribution in [2.75, 3.05) is 0 Å². The van der Waals surface area contributed by atoms with Crippen molar-refractivity contribution in [1.82, 2.24) is 0 Å². The highest BCUT2D eigenvalue weighted by molar-refractivity contribution is 9.10. The van der Waals surface area contributed by atoms with Crippen LogP contribution in [-0.4, -0.2) is 5.78 Å². The van der Waals surface area contributed by atoms with E-state index in [1.807, 2.05) is 19.1 Å². The normalized spacial score (nSPS) is 10.4. The smallest absolute Gasteiger partial charge is 0.197 e. The van der Waals surface area contributed by atoms with E-state index in [0.29, 0.717) is 10.0 Å². The second-order valence-corrected chi connectivity index (χ2v) is 5.15. The summed E-state index contributed by atoms with van der Waals surface area (Å²) in [7, 11) is 0. The van der Waals surface area contributed by atoms with Gasteiger partial charge in [0.05, 0.1) is 5.56 Å². The van der Waals surface area contributed by atoms with Gasteiger partial charge in [0.1, 0.15) is 5.82 Å². The van der Waals surface area contributed by atoms with Gasteiger partial charge in [-0.15, -0.1) is 0 Å². The topological polar surface area (TPSA) is 17.1 Å². The molecule has 0 aromatic heterocycles. The third kappa shape index (κ3) is 2.51. The summed E-state index contributed by atoms with van der Waals surface area (Å²) in [6, 6.07) is 10.0. The first-order chi connectivity index (χ1) is 8.49. The third-order valence-electron chi connectivity index (χ3n) is 2.74. The first kappa shape index (κ1) is 13.0. The van der Waals surface area contributed by atoms with Crippen LogP contribution in [0.15, 0.2) is 40.9 Å². The molecule has 0 N–H and O–H groups in total. The maximum atomic E-state index is 13.8. The van der Waals surface area contributed by atoms with E-state index in [4.69, 9.17) is 0 Å². The van der Waals surface area contributed by atoms with Gasteiger partial charge in [-0.05, 0) is 49.2 Å². The molecule has 2 aromatic rings. The molecule has 0 aliphatic heterocycles. The summed E-state index contributed by atoms with van der Waals surface area (Å²) in [5.41, 5.74) is 2.42. The van der Waals surface area contributed by atoms with Crippen molar-refractivity contribution < 1.29 is 9.18 Å². The minimum Gasteiger partial charge on any atom is -0.288 e. The van der Waals surface area contributed by atoms with Crippen LogP contribution in [0.2, 0.25) is 0 Å². The quantitative estimate of drug-likeness (QED) is 0.750. The van der Waals surface area contributed by atoms with Gasteiger partial charge in [0, 0.05) is 10.0 Å². The minimum absolute atomic E-state index is 0.102. The van der Waals surface area contributed by atoms with Crippen molar-refractivity contribution >= 4 is 21.7 Å². The Bertz CT molecular complexity index is 566. The SMILES string of the molecule is Cc1ccc(C(=O)c2ccc(C)cc2Br)c(F)c1. The van der Waals surface area contributed by atoms with Gasteiger partial charge >= 0.3 is 0 Å². The molecule has 18 heavy (non-hydrogen) atoms. The standard InChI is InChI=1S/C15H12BrFO/c1-9-3-5-11(13(16)7-9)15(18)12-6-4-10(2)8-14(12)17/h3-8H,1-2H3. The number of halogens is 2. The van der Waals surface area contributed by atoms with Gasteiger partial charge in [-0.1, -0.05) is 28.1 Å². The lowest BCUT2D eigenvalue weighted by molar-refractivity contribution is 0.103. The minimum atomic E-state index is -0.479. The van der Waals surface area contributed by atoms with E-state index in [1.165, 1.54) is 12.1 Å². The predicted octanol–water partition coefficient (Wildman–Crippen LogP) is 4.44. The zero-order valence-corrected chi connectivity index (χ0v) is 11.7. The number of hydrogen-bond donors (Lipinski definition) is 0. The van der Waals surface area contributed by atoms with E-state index in [9.17, 15) is 9.18 Å². The Kier molecular flexibility index (Phi) is 3.62. The van der Waals surface area contributed by atoms with Crippen LogP contribution in [0.3, 0.4) is 0 Å². The molecule has 0 bridgehead atoms. The summed E-state index contributed by atoms with van der Waals surface area (Å²) in [5.74, 6) is -0.785. The van der Waals surface area contributed by atoms with Gasteiger partial charge in [0.15, 0.2) is 5.78 Å². The number of carbonyl (C=O) groups excluding carboxylic acids is 1. The molecular weight excluding hydrogens is 295 g/mol. The van der Waals surface area contributed by atoms with E-state index in [2.05, 4.69) is 15.9 Å². The van der Waals surface area contributed by atoms with Crippen molar-refractivity contribution in [2.45, 2.75) is 13.8 Å². The Morgan fingerprint density at radius 3 is 2.11 bits per heavy atom. The Labute approximate surface area is 114 Å². The molecular formula is C15H12BrFO. The molecule has 0 aliphatic rings. The molecule has 2 rings (SSSR count). The van der Waals surface area contributed by atoms with Crippen LogP contribution in [0.1, 0.15) is 27.0 Å². The summed E-state index contributed by atoms with van der Waals surface area (Å²) < 4.78 is 14.4. The zero-order valence-electron chi connectivity index (χ0n) is 10.1. The molecule has 0 fully saturated rings. The van der Waals surface area contributed by atoms with Gasteiger partial charge < -0.3 is 0 Å². The van der Waals surface area contributed by atoms with Crippen LogP contribution >= 0.6 is 15.9 Å². The van der Waals surface area contributed by atoms with Crippen molar-refractivity contribution in [2.24, 2.45) is 0 Å². The third-order valence-corrected chi connectivity index (χ3v) is 3.39. The van der Waals surface area contributed by atoms with Crippen LogP contribution in [0.4, 0.5) is 4.39 Å². The molecule has 0 heterocycles. The van der Waals surface area contributed by atoms with Crippen LogP contribution in [-0.2, 0) is 0 Å². The average Bonchev–Trinajstić information content (AvgIpc) is 2.28. The Morgan fingerprint density at radius 1 is 1.00 bits per heavy atom. The molecule has 0 atom stereocenters. The number of aryl methyl sites for hydroxylation is 2. The van der Waals surface area contributed by atoms with E-state index >= 15 is 0 Å². The largest absolute Gasteiger partial charge is 0.288 e. The molecule has 0 saturated carbocycles. The number of hydrogen-bond acceptors (Lipinski definition) is 1. The fraction of sp³-hybridized carbons (Fsp3) is 0.133. The maximum Gasteiger partial charge on any atom is 0.197 e. The lowest BCUT2D eigenvalue weighted by atomic mass is 10.0. The first-order valence-corrected chi connectivity index (χ1v) is 6.35. The second-order valence-electron chi connectivity index (χ2n) is 4.30. The van der Waals surface area contributed by atoms with E-state index in [1.54, 1.807) is 19.1 Å². The number of carbonyl (C=O) groups is 1. The summed E-state index contributed by atoms with van der Waals surface area (Å²) in [5, 5.41) is 0. The Hall–Kier alpha value is -1.48. The van der Waals surface area contributed by atoms with Crippen molar-refractivity contribution in [3.8, 4) is 0 Å². The summed E-state index contributed by atoms with van der Waals surface area (Å²) >= 11 is 3.34. The van der Waals surface area contributed by atoms with E-state index in [-0.39, 0.29) is 11.3 Å². The molecule has 3 heteroatoms. The Morgan fingerprint density at radius 2 is 1.56 bits per heavy atom. The van der Waals surface area contributed by atoms with Gasteiger partial charge in [0.25, 0.3) is 0 Å². The molecule has 0 unspecified atom stereocenters. The predicted molar refractivity (Wildman–Crippen MR) is 73.4 cm³/mol. The average molecular weight is 307 g/mol. The monoisotopic (exact) mass is 306 g/mol. The molecule has 0 aliphatic carbocycles. The first-order valence-electron chi connectivity index (χ1n) is 5.56. The van der Waals surface area contributed by atoms with Gasteiger partial charge in [0.2, 0.25) is 0 Å². The highest BCUT2D eigenvalue weighted by atomic mass is 79.9. The van der Waals surface area contributed by atoms with Crippen molar-refractivity contribution in [1.29, 1.82) is 0 Å². The molecule has 0 saturated heterocycles. The zero-order chi connectivity index (χ0) is 13.3.